The van der Waals surface area contributed by atoms with Crippen LogP contribution in [0.5, 0.6) is 5.75 Å². The molecule has 6 unspecified atom stereocenters. The standard InChI is InChI=1S/C16H24N6O4S2.C13H22N5O13P3S2.C7H4ClO3P/c1-9(28-27-4)25-10-5-12(26-11(10)6-23)22-8-17-13-14(22)19-16(20-15(13)24)18-7-21(2)3;1-6(36-35-2)28-7-3-9(18-5-15-10-11(18)16-13(14)17-12(10)19)29-8(7)4-27-33(23,24)31-34(25,26)30-32(20,21)22;8-12-10-6-4-2-1-3-5(6)7(9)11-12/h7-12,23H,5-6H2,1-4H3,(H,19,20,24);5-9H,3-4H2,1-2H3,(H,23,24)(H,25,26)(H2,20,21,22)(H3,14,16,17,19);1-4H/p-3/t9-,10?,11+,12+;6-,7?,8+,9+;/m00./s1. The summed E-state index contributed by atoms with van der Waals surface area (Å²) in [6.45, 7) is 2.71. The molecule has 8 rings (SSSR count). The van der Waals surface area contributed by atoms with Crippen molar-refractivity contribution in [2.45, 2.75) is 74.4 Å². The van der Waals surface area contributed by atoms with Crippen molar-refractivity contribution < 1.29 is 84.3 Å². The van der Waals surface area contributed by atoms with Gasteiger partial charge >= 0.3 is 13.7 Å². The highest BCUT2D eigenvalue weighted by molar-refractivity contribution is 8.76. The summed E-state index contributed by atoms with van der Waals surface area (Å²) in [4.78, 5) is 105. The first-order chi connectivity index (χ1) is 35.8. The number of carbonyl (C=O) groups excluding carboxylic acids is 1. The summed E-state index contributed by atoms with van der Waals surface area (Å²) in [5.41, 5.74) is 5.28. The predicted octanol–water partition coefficient (Wildman–Crippen LogP) is 3.24. The molecule has 0 spiro atoms. The van der Waals surface area contributed by atoms with Gasteiger partial charge in [-0.1, -0.05) is 55.3 Å². The highest BCUT2D eigenvalue weighted by atomic mass is 35.7. The largest absolute Gasteiger partial charge is 0.756 e. The number of aliphatic imine (C=N–C) groups is 1. The number of rotatable bonds is 20. The normalized spacial score (nSPS) is 24.5. The fourth-order valence-electron chi connectivity index (χ4n) is 7.04. The van der Waals surface area contributed by atoms with Crippen LogP contribution < -0.4 is 36.1 Å². The number of nitrogens with one attached hydrogen (secondary N) is 2. The second-order valence-electron chi connectivity index (χ2n) is 15.6. The maximum absolute atomic E-state index is 12.3. The van der Waals surface area contributed by atoms with Gasteiger partial charge in [0.05, 0.1) is 44.4 Å². The van der Waals surface area contributed by atoms with Crippen molar-refractivity contribution in [3.63, 3.8) is 0 Å². The fourth-order valence-corrected chi connectivity index (χ4v) is 13.7. The number of phosphoric acid groups is 3. The first-order valence-corrected chi connectivity index (χ1v) is 33.2. The summed E-state index contributed by atoms with van der Waals surface area (Å²) in [7, 11) is -9.61. The summed E-state index contributed by atoms with van der Waals surface area (Å²) in [5, 5.41) is 9.68. The molecule has 40 heteroatoms. The van der Waals surface area contributed by atoms with Crippen molar-refractivity contribution in [1.29, 1.82) is 0 Å². The van der Waals surface area contributed by atoms with Gasteiger partial charge in [-0.2, -0.15) is 9.97 Å². The number of ether oxygens (including phenoxy) is 4. The van der Waals surface area contributed by atoms with E-state index < -0.39 is 85.5 Å². The van der Waals surface area contributed by atoms with Gasteiger partial charge in [0.1, 0.15) is 46.8 Å². The zero-order chi connectivity index (χ0) is 55.7. The number of H-pyrrole nitrogens is 2. The number of nitrogen functional groups attached to an aromatic ring is 1. The van der Waals surface area contributed by atoms with E-state index in [-0.39, 0.29) is 58.7 Å². The zero-order valence-corrected chi connectivity index (χ0v) is 47.8. The lowest BCUT2D eigenvalue weighted by atomic mass is 10.2. The first kappa shape index (κ1) is 62.0. The molecule has 420 valence electrons. The van der Waals surface area contributed by atoms with E-state index in [4.69, 9.17) is 45.3 Å². The SMILES string of the molecule is CSS[C@@H](C)OC1C[C@H](n2cnc3c(=O)[nH]c(N)nc32)O[C@@H]1COP(=O)([O-])OP(=O)([O-])OP(=O)([O-])O.CSS[C@@H](C)OC1C[C@H](n2cnc3c(=O)[nH]c(N=CN(C)C)nc32)O[C@@H]1CO.O=C1OP(Cl)Oc2ccccc21. The number of benzene rings is 1. The van der Waals surface area contributed by atoms with Crippen molar-refractivity contribution in [3.8, 4) is 5.75 Å². The van der Waals surface area contributed by atoms with E-state index in [1.165, 1.54) is 38.8 Å². The van der Waals surface area contributed by atoms with Crippen LogP contribution in [0.2, 0.25) is 0 Å². The van der Waals surface area contributed by atoms with Crippen LogP contribution in [0, 0.1) is 0 Å². The van der Waals surface area contributed by atoms with E-state index >= 15 is 0 Å². The molecular formula is C36H47ClN11O20P4S4-3. The number of anilines is 1. The summed E-state index contributed by atoms with van der Waals surface area (Å²) in [6.07, 6.45) is 4.76. The maximum Gasteiger partial charge on any atom is 0.403 e. The molecule has 31 nitrogen and oxygen atoms in total. The molecule has 0 saturated carbocycles. The Morgan fingerprint density at radius 3 is 2.01 bits per heavy atom. The lowest BCUT2D eigenvalue weighted by molar-refractivity contribution is -0.250. The van der Waals surface area contributed by atoms with Gasteiger partial charge in [-0.3, -0.25) is 42.4 Å². The average molecular weight is 1240 g/mol. The van der Waals surface area contributed by atoms with E-state index in [1.807, 2.05) is 33.5 Å². The van der Waals surface area contributed by atoms with Crippen LogP contribution in [0.15, 0.2) is 51.5 Å². The van der Waals surface area contributed by atoms with Crippen LogP contribution in [0.25, 0.3) is 22.3 Å². The first-order valence-electron chi connectivity index (χ1n) is 21.5. The molecule has 3 aliphatic rings. The van der Waals surface area contributed by atoms with E-state index in [1.54, 1.807) is 68.6 Å². The zero-order valence-electron chi connectivity index (χ0n) is 40.2. The molecule has 5 aromatic rings. The number of aliphatic hydroxyl groups excluding tert-OH is 1. The fraction of sp³-hybridized carbons (Fsp3) is 0.500. The number of hydrogen-bond donors (Lipinski definition) is 5. The number of aliphatic hydroxyl groups is 1. The van der Waals surface area contributed by atoms with Crippen molar-refractivity contribution in [2.75, 3.05) is 45.6 Å². The number of fused-ring (bicyclic) bond motifs is 3. The third-order valence-electron chi connectivity index (χ3n) is 9.87. The molecule has 0 radical (unpaired) electrons. The highest BCUT2D eigenvalue weighted by Gasteiger charge is 2.41. The van der Waals surface area contributed by atoms with Crippen molar-refractivity contribution in [3.05, 3.63) is 63.2 Å². The number of para-hydroxylation sites is 1. The molecule has 12 atom stereocenters. The molecule has 6 N–H and O–H groups in total. The molecule has 3 aliphatic heterocycles. The Morgan fingerprint density at radius 1 is 0.895 bits per heavy atom. The number of aromatic nitrogens is 8. The van der Waals surface area contributed by atoms with E-state index in [9.17, 15) is 47.9 Å². The number of aromatic amines is 2. The van der Waals surface area contributed by atoms with Gasteiger partial charge in [-0.05, 0) is 49.7 Å². The number of nitrogens with two attached hydrogens (primary N) is 1. The smallest absolute Gasteiger partial charge is 0.403 e. The minimum Gasteiger partial charge on any atom is -0.756 e. The molecule has 2 fully saturated rings. The summed E-state index contributed by atoms with van der Waals surface area (Å²) >= 11 is 5.54. The van der Waals surface area contributed by atoms with Crippen molar-refractivity contribution in [2.24, 2.45) is 4.99 Å². The highest BCUT2D eigenvalue weighted by Crippen LogP contribution is 2.61. The van der Waals surface area contributed by atoms with Crippen LogP contribution in [0.4, 0.5) is 11.9 Å². The molecule has 7 heterocycles. The van der Waals surface area contributed by atoms with Crippen LogP contribution in [-0.2, 0) is 50.3 Å². The molecular weight excluding hydrogens is 1190 g/mol. The van der Waals surface area contributed by atoms with Gasteiger partial charge in [-0.15, -0.1) is 0 Å². The lowest BCUT2D eigenvalue weighted by Gasteiger charge is -2.33. The minimum atomic E-state index is -6.05. The average Bonchev–Trinajstić information content (AvgIpc) is 4.12. The van der Waals surface area contributed by atoms with Crippen molar-refractivity contribution >= 4 is 132 Å². The molecule has 2 saturated heterocycles. The second kappa shape index (κ2) is 27.3. The van der Waals surface area contributed by atoms with Crippen LogP contribution in [-0.4, -0.2) is 141 Å². The van der Waals surface area contributed by atoms with Gasteiger partial charge in [-0.25, -0.2) is 28.4 Å². The molecule has 1 aromatic carbocycles. The summed E-state index contributed by atoms with van der Waals surface area (Å²) in [6, 6.07) is 6.84. The van der Waals surface area contributed by atoms with Crippen molar-refractivity contribution in [1.82, 2.24) is 43.9 Å². The van der Waals surface area contributed by atoms with Gasteiger partial charge in [0.2, 0.25) is 11.9 Å². The Kier molecular flexibility index (Phi) is 22.3. The van der Waals surface area contributed by atoms with E-state index in [0.29, 0.717) is 23.4 Å². The number of phosphoric ester groups is 1. The van der Waals surface area contributed by atoms with Crippen LogP contribution in [0.3, 0.4) is 0 Å². The van der Waals surface area contributed by atoms with Gasteiger partial charge in [0.25, 0.3) is 34.6 Å². The maximum atomic E-state index is 12.3. The number of nitrogens with zero attached hydrogens (tertiary/aromatic N) is 8. The Morgan fingerprint density at radius 2 is 1.45 bits per heavy atom. The molecule has 0 amide bonds. The third-order valence-corrected chi connectivity index (χ3v) is 18.6. The molecule has 0 aliphatic carbocycles. The monoisotopic (exact) mass is 1240 g/mol. The number of halogens is 1. The minimum absolute atomic E-state index is 0.0283. The Balaban J connectivity index is 0.000000206. The summed E-state index contributed by atoms with van der Waals surface area (Å²) in [5.74, 6) is 0.0828. The number of imidazole rings is 2. The predicted molar refractivity (Wildman–Crippen MR) is 276 cm³/mol. The van der Waals surface area contributed by atoms with Gasteiger partial charge in [0, 0.05) is 26.9 Å². The topological polar surface area (TPSA) is 430 Å². The number of hydrogen-bond acceptors (Lipinski definition) is 29. The Hall–Kier alpha value is -3.21. The lowest BCUT2D eigenvalue weighted by Crippen LogP contribution is -2.31. The second-order valence-corrected chi connectivity index (χ2v) is 27.1. The quantitative estimate of drug-likeness (QED) is 0.0245. The Bertz CT molecular complexity index is 3100. The molecule has 4 aromatic heterocycles. The third kappa shape index (κ3) is 17.4. The van der Waals surface area contributed by atoms with Gasteiger partial charge < -0.3 is 67.8 Å². The van der Waals surface area contributed by atoms with E-state index in [0.717, 1.165) is 0 Å². The van der Waals surface area contributed by atoms with E-state index in [2.05, 4.69) is 52.6 Å². The van der Waals surface area contributed by atoms with Crippen LogP contribution in [0.1, 0.15) is 49.5 Å². The molecule has 0 bridgehead atoms. The Labute approximate surface area is 452 Å². The summed E-state index contributed by atoms with van der Waals surface area (Å²) < 4.78 is 81.9. The molecule has 76 heavy (non-hydrogen) atoms. The van der Waals surface area contributed by atoms with Crippen LogP contribution >= 0.6 is 85.6 Å². The number of carbonyl (C=O) groups is 1. The van der Waals surface area contributed by atoms with Gasteiger partial charge in [0.15, 0.2) is 22.3 Å².